The van der Waals surface area contributed by atoms with Gasteiger partial charge in [-0.2, -0.15) is 0 Å². The summed E-state index contributed by atoms with van der Waals surface area (Å²) in [7, 11) is 0. The van der Waals surface area contributed by atoms with Crippen molar-refractivity contribution in [2.75, 3.05) is 0 Å². The van der Waals surface area contributed by atoms with E-state index >= 15 is 0 Å². The largest absolute Gasteiger partial charge is 0.489 e. The average Bonchev–Trinajstić information content (AvgIpc) is 3.37. The van der Waals surface area contributed by atoms with Crippen molar-refractivity contribution in [3.05, 3.63) is 100 Å². The Bertz CT molecular complexity index is 1110. The highest BCUT2D eigenvalue weighted by Gasteiger charge is 2.10. The highest BCUT2D eigenvalue weighted by Crippen LogP contribution is 2.28. The molecule has 0 unspecified atom stereocenters. The Labute approximate surface area is 207 Å². The molecule has 0 radical (unpaired) electrons. The van der Waals surface area contributed by atoms with Gasteiger partial charge in [0.1, 0.15) is 29.7 Å². The molecular formula is C30H33NO2S. The Morgan fingerprint density at radius 2 is 1.38 bits per heavy atom. The van der Waals surface area contributed by atoms with E-state index in [-0.39, 0.29) is 0 Å². The minimum absolute atomic E-state index is 0.483. The SMILES string of the molecule is CCCC(CCC)c1ccc(OCc2ccc(-c3csc(COc4ccccc4)n3)cc2)cc1. The number of para-hydroxylation sites is 1. The van der Waals surface area contributed by atoms with Crippen LogP contribution in [0.15, 0.2) is 84.2 Å². The van der Waals surface area contributed by atoms with Gasteiger partial charge in [-0.25, -0.2) is 4.98 Å². The molecule has 34 heavy (non-hydrogen) atoms. The summed E-state index contributed by atoms with van der Waals surface area (Å²) in [6.07, 6.45) is 4.95. The van der Waals surface area contributed by atoms with E-state index in [4.69, 9.17) is 14.5 Å². The van der Waals surface area contributed by atoms with Crippen molar-refractivity contribution in [3.8, 4) is 22.8 Å². The smallest absolute Gasteiger partial charge is 0.140 e. The zero-order valence-electron chi connectivity index (χ0n) is 20.1. The van der Waals surface area contributed by atoms with Crippen molar-refractivity contribution in [2.24, 2.45) is 0 Å². The lowest BCUT2D eigenvalue weighted by atomic mass is 9.90. The normalized spacial score (nSPS) is 11.0. The summed E-state index contributed by atoms with van der Waals surface area (Å²) < 4.78 is 11.9. The molecule has 4 heteroatoms. The van der Waals surface area contributed by atoms with Crippen LogP contribution in [-0.4, -0.2) is 4.98 Å². The lowest BCUT2D eigenvalue weighted by Crippen LogP contribution is -1.99. The molecule has 0 amide bonds. The standard InChI is InChI=1S/C30H33NO2S/c1-3-8-24(9-4-2)25-16-18-28(19-17-25)32-20-23-12-14-26(15-13-23)29-22-34-30(31-29)21-33-27-10-6-5-7-11-27/h5-7,10-19,22,24H,3-4,8-9,20-21H2,1-2H3. The third-order valence-corrected chi connectivity index (χ3v) is 6.76. The maximum atomic E-state index is 6.04. The maximum Gasteiger partial charge on any atom is 0.140 e. The van der Waals surface area contributed by atoms with Crippen molar-refractivity contribution in [3.63, 3.8) is 0 Å². The molecule has 0 saturated carbocycles. The molecule has 1 aromatic heterocycles. The zero-order valence-corrected chi connectivity index (χ0v) is 20.9. The van der Waals surface area contributed by atoms with Gasteiger partial charge in [-0.1, -0.05) is 81.3 Å². The van der Waals surface area contributed by atoms with Crippen molar-refractivity contribution in [2.45, 2.75) is 58.7 Å². The van der Waals surface area contributed by atoms with Gasteiger partial charge in [-0.3, -0.25) is 0 Å². The highest BCUT2D eigenvalue weighted by atomic mass is 32.1. The maximum absolute atomic E-state index is 6.04. The van der Waals surface area contributed by atoms with Crippen LogP contribution in [0.1, 0.15) is 61.6 Å². The molecule has 0 bridgehead atoms. The Balaban J connectivity index is 1.30. The molecule has 0 spiro atoms. The summed E-state index contributed by atoms with van der Waals surface area (Å²) in [4.78, 5) is 4.73. The van der Waals surface area contributed by atoms with Crippen molar-refractivity contribution in [1.82, 2.24) is 4.98 Å². The lowest BCUT2D eigenvalue weighted by Gasteiger charge is -2.16. The van der Waals surface area contributed by atoms with Crippen molar-refractivity contribution >= 4 is 11.3 Å². The molecule has 3 nitrogen and oxygen atoms in total. The fraction of sp³-hybridized carbons (Fsp3) is 0.300. The molecule has 0 atom stereocenters. The number of hydrogen-bond donors (Lipinski definition) is 0. The summed E-state index contributed by atoms with van der Waals surface area (Å²) in [5.74, 6) is 2.44. The first-order chi connectivity index (χ1) is 16.7. The summed E-state index contributed by atoms with van der Waals surface area (Å²) >= 11 is 1.62. The van der Waals surface area contributed by atoms with E-state index in [2.05, 4.69) is 67.8 Å². The third kappa shape index (κ3) is 6.71. The Kier molecular flexibility index (Phi) is 8.75. The van der Waals surface area contributed by atoms with Crippen LogP contribution in [0.3, 0.4) is 0 Å². The average molecular weight is 472 g/mol. The van der Waals surface area contributed by atoms with Gasteiger partial charge in [-0.15, -0.1) is 11.3 Å². The van der Waals surface area contributed by atoms with Crippen molar-refractivity contribution in [1.29, 1.82) is 0 Å². The minimum atomic E-state index is 0.483. The van der Waals surface area contributed by atoms with Gasteiger partial charge in [0.25, 0.3) is 0 Å². The van der Waals surface area contributed by atoms with Gasteiger partial charge in [-0.05, 0) is 54.2 Å². The van der Waals surface area contributed by atoms with Gasteiger partial charge in [0.2, 0.25) is 0 Å². The monoisotopic (exact) mass is 471 g/mol. The second-order valence-electron chi connectivity index (χ2n) is 8.56. The number of hydrogen-bond acceptors (Lipinski definition) is 4. The summed E-state index contributed by atoms with van der Waals surface area (Å²) in [6, 6.07) is 27.0. The molecule has 0 aliphatic heterocycles. The van der Waals surface area contributed by atoms with Crippen LogP contribution >= 0.6 is 11.3 Å². The lowest BCUT2D eigenvalue weighted by molar-refractivity contribution is 0.305. The molecule has 0 N–H and O–H groups in total. The van der Waals surface area contributed by atoms with Gasteiger partial charge >= 0.3 is 0 Å². The Morgan fingerprint density at radius 1 is 0.735 bits per heavy atom. The predicted octanol–water partition coefficient (Wildman–Crippen LogP) is 8.65. The quantitative estimate of drug-likeness (QED) is 0.207. The molecule has 176 valence electrons. The van der Waals surface area contributed by atoms with Gasteiger partial charge in [0.05, 0.1) is 5.69 Å². The number of aromatic nitrogens is 1. The van der Waals surface area contributed by atoms with Crippen LogP contribution in [0.2, 0.25) is 0 Å². The number of ether oxygens (including phenoxy) is 2. The van der Waals surface area contributed by atoms with Gasteiger partial charge < -0.3 is 9.47 Å². The Hall–Kier alpha value is -3.11. The number of rotatable bonds is 12. The molecule has 3 aromatic carbocycles. The molecule has 0 saturated heterocycles. The second-order valence-corrected chi connectivity index (χ2v) is 9.50. The molecular weight excluding hydrogens is 438 g/mol. The minimum Gasteiger partial charge on any atom is -0.489 e. The van der Waals surface area contributed by atoms with Crippen LogP contribution in [0, 0.1) is 0 Å². The van der Waals surface area contributed by atoms with E-state index in [1.807, 2.05) is 30.3 Å². The first-order valence-electron chi connectivity index (χ1n) is 12.2. The van der Waals surface area contributed by atoms with E-state index in [0.717, 1.165) is 33.3 Å². The van der Waals surface area contributed by atoms with Crippen molar-refractivity contribution < 1.29 is 9.47 Å². The van der Waals surface area contributed by atoms with Gasteiger partial charge in [0.15, 0.2) is 0 Å². The molecule has 0 aliphatic rings. The zero-order chi connectivity index (χ0) is 23.6. The van der Waals surface area contributed by atoms with E-state index in [9.17, 15) is 0 Å². The summed E-state index contributed by atoms with van der Waals surface area (Å²) in [6.45, 7) is 5.57. The topological polar surface area (TPSA) is 31.4 Å². The molecule has 0 aliphatic carbocycles. The van der Waals surface area contributed by atoms with Crippen LogP contribution in [-0.2, 0) is 13.2 Å². The number of benzene rings is 3. The van der Waals surface area contributed by atoms with E-state index in [1.165, 1.54) is 31.2 Å². The summed E-state index contributed by atoms with van der Waals surface area (Å²) in [5.41, 5.74) is 4.66. The number of nitrogens with zero attached hydrogens (tertiary/aromatic N) is 1. The van der Waals surface area contributed by atoms with Crippen LogP contribution in [0.4, 0.5) is 0 Å². The number of thiazole rings is 1. The third-order valence-electron chi connectivity index (χ3n) is 5.94. The summed E-state index contributed by atoms with van der Waals surface area (Å²) in [5, 5.41) is 3.05. The molecule has 1 heterocycles. The molecule has 4 rings (SSSR count). The van der Waals surface area contributed by atoms with Crippen LogP contribution < -0.4 is 9.47 Å². The first-order valence-corrected chi connectivity index (χ1v) is 13.1. The Morgan fingerprint density at radius 3 is 2.06 bits per heavy atom. The highest BCUT2D eigenvalue weighted by molar-refractivity contribution is 7.09. The van der Waals surface area contributed by atoms with E-state index in [0.29, 0.717) is 19.1 Å². The fourth-order valence-corrected chi connectivity index (χ4v) is 4.84. The fourth-order valence-electron chi connectivity index (χ4n) is 4.12. The molecule has 4 aromatic rings. The van der Waals surface area contributed by atoms with Crippen LogP contribution in [0.25, 0.3) is 11.3 Å². The van der Waals surface area contributed by atoms with E-state index < -0.39 is 0 Å². The van der Waals surface area contributed by atoms with Gasteiger partial charge in [0, 0.05) is 10.9 Å². The second kappa shape index (κ2) is 12.4. The predicted molar refractivity (Wildman–Crippen MR) is 142 cm³/mol. The van der Waals surface area contributed by atoms with Crippen LogP contribution in [0.5, 0.6) is 11.5 Å². The van der Waals surface area contributed by atoms with E-state index in [1.54, 1.807) is 11.3 Å². The first kappa shape index (κ1) is 24.0. The molecule has 0 fully saturated rings.